The molecule has 1 fully saturated rings. The Bertz CT molecular complexity index is 1430. The van der Waals surface area contributed by atoms with Gasteiger partial charge in [-0.25, -0.2) is 18.1 Å². The SMILES string of the molecule is CCCS(=O)(=O)NC[C@@H](O)C[C@H](O)[C@H](CC1CCCCC1)NC(=O)[C@H](Cc1c[nH]cn1)NC(=O)[C@H](Cc1ccccc1)NC(=O)CC(C)(C)C. The first-order valence-electron chi connectivity index (χ1n) is 17.9. The van der Waals surface area contributed by atoms with E-state index in [0.29, 0.717) is 18.5 Å². The molecule has 14 heteroatoms. The van der Waals surface area contributed by atoms with Crippen molar-refractivity contribution in [3.8, 4) is 0 Å². The van der Waals surface area contributed by atoms with Crippen LogP contribution >= 0.6 is 0 Å². The molecule has 0 saturated heterocycles. The Morgan fingerprint density at radius 3 is 2.24 bits per heavy atom. The van der Waals surface area contributed by atoms with E-state index in [4.69, 9.17) is 0 Å². The van der Waals surface area contributed by atoms with E-state index in [9.17, 15) is 33.0 Å². The number of aliphatic hydroxyl groups is 2. The molecule has 1 aliphatic rings. The zero-order chi connectivity index (χ0) is 36.7. The maximum Gasteiger partial charge on any atom is 0.243 e. The summed E-state index contributed by atoms with van der Waals surface area (Å²) in [6.45, 7) is 7.29. The molecule has 7 N–H and O–H groups in total. The molecule has 13 nitrogen and oxygen atoms in total. The van der Waals surface area contributed by atoms with Crippen LogP contribution in [0, 0.1) is 11.3 Å². The van der Waals surface area contributed by atoms with E-state index in [2.05, 4.69) is 30.6 Å². The van der Waals surface area contributed by atoms with Gasteiger partial charge in [-0.1, -0.05) is 90.1 Å². The molecular formula is C36H58N6O7S. The number of amides is 3. The summed E-state index contributed by atoms with van der Waals surface area (Å²) in [5.74, 6) is -1.19. The van der Waals surface area contributed by atoms with Crippen molar-refractivity contribution in [3.63, 3.8) is 0 Å². The third-order valence-electron chi connectivity index (χ3n) is 8.86. The second-order valence-electron chi connectivity index (χ2n) is 14.9. The van der Waals surface area contributed by atoms with Crippen molar-refractivity contribution in [1.29, 1.82) is 0 Å². The van der Waals surface area contributed by atoms with Crippen molar-refractivity contribution in [2.75, 3.05) is 12.3 Å². The van der Waals surface area contributed by atoms with Crippen LogP contribution in [0.3, 0.4) is 0 Å². The van der Waals surface area contributed by atoms with Crippen molar-refractivity contribution >= 4 is 27.7 Å². The van der Waals surface area contributed by atoms with Crippen LogP contribution in [0.2, 0.25) is 0 Å². The highest BCUT2D eigenvalue weighted by atomic mass is 32.2. The summed E-state index contributed by atoms with van der Waals surface area (Å²) in [6.07, 6.45) is 7.03. The second kappa shape index (κ2) is 19.9. The van der Waals surface area contributed by atoms with E-state index in [1.807, 2.05) is 51.1 Å². The fourth-order valence-corrected chi connectivity index (χ4v) is 7.48. The maximum atomic E-state index is 14.1. The monoisotopic (exact) mass is 718 g/mol. The first-order valence-corrected chi connectivity index (χ1v) is 19.5. The first kappa shape index (κ1) is 41.1. The minimum absolute atomic E-state index is 0.0448. The molecule has 1 aromatic carbocycles. The van der Waals surface area contributed by atoms with Gasteiger partial charge in [0.2, 0.25) is 27.7 Å². The van der Waals surface area contributed by atoms with Gasteiger partial charge in [-0.3, -0.25) is 14.4 Å². The number of carbonyl (C=O) groups is 3. The molecule has 1 saturated carbocycles. The zero-order valence-electron chi connectivity index (χ0n) is 30.0. The topological polar surface area (TPSA) is 203 Å². The predicted molar refractivity (Wildman–Crippen MR) is 192 cm³/mol. The lowest BCUT2D eigenvalue weighted by atomic mass is 9.83. The molecule has 3 amide bonds. The molecule has 0 spiro atoms. The lowest BCUT2D eigenvalue weighted by molar-refractivity contribution is -0.133. The van der Waals surface area contributed by atoms with Crippen LogP contribution in [0.1, 0.15) is 96.7 Å². The molecule has 3 rings (SSSR count). The third kappa shape index (κ3) is 15.3. The molecular weight excluding hydrogens is 660 g/mol. The predicted octanol–water partition coefficient (Wildman–Crippen LogP) is 2.50. The number of rotatable bonds is 20. The number of nitrogens with zero attached hydrogens (tertiary/aromatic N) is 1. The number of hydrogen-bond donors (Lipinski definition) is 7. The summed E-state index contributed by atoms with van der Waals surface area (Å²) in [6, 6.07) is 6.47. The lowest BCUT2D eigenvalue weighted by Crippen LogP contribution is -2.57. The van der Waals surface area contributed by atoms with E-state index in [-0.39, 0.29) is 55.2 Å². The van der Waals surface area contributed by atoms with E-state index in [1.54, 1.807) is 13.1 Å². The standard InChI is InChI=1S/C36H58N6O7S/c1-5-16-50(48,49)39-23-28(43)20-32(44)29(17-25-12-8-6-9-13-25)41-35(47)31(19-27-22-37-24-38-27)42-34(46)30(18-26-14-10-7-11-15-26)40-33(45)21-36(2,3)4/h7,10-11,14-15,22,24-25,28-32,39,43-44H,5-6,8-9,12-13,16-21,23H2,1-4H3,(H,37,38)(H,40,45)(H,41,47)(H,42,46)/t28-,29-,30-,31-,32-/m0/s1. The first-order chi connectivity index (χ1) is 23.6. The van der Waals surface area contributed by atoms with E-state index in [0.717, 1.165) is 37.7 Å². The quantitative estimate of drug-likeness (QED) is 0.108. The summed E-state index contributed by atoms with van der Waals surface area (Å²) in [5, 5.41) is 30.7. The van der Waals surface area contributed by atoms with Crippen molar-refractivity contribution in [2.45, 2.75) is 129 Å². The zero-order valence-corrected chi connectivity index (χ0v) is 30.8. The van der Waals surface area contributed by atoms with Crippen LogP contribution in [-0.2, 0) is 37.2 Å². The van der Waals surface area contributed by atoms with Gasteiger partial charge in [0.05, 0.1) is 36.0 Å². The molecule has 0 bridgehead atoms. The van der Waals surface area contributed by atoms with Gasteiger partial charge in [-0.05, 0) is 29.7 Å². The maximum absolute atomic E-state index is 14.1. The van der Waals surface area contributed by atoms with Crippen molar-refractivity contribution in [3.05, 3.63) is 54.1 Å². The number of hydrogen-bond acceptors (Lipinski definition) is 8. The number of H-pyrrole nitrogens is 1. The van der Waals surface area contributed by atoms with Crippen LogP contribution in [-0.4, -0.2) is 89.0 Å². The van der Waals surface area contributed by atoms with Gasteiger partial charge in [0, 0.05) is 38.4 Å². The number of aromatic amines is 1. The number of aromatic nitrogens is 2. The number of sulfonamides is 1. The molecule has 280 valence electrons. The molecule has 0 aliphatic heterocycles. The summed E-state index contributed by atoms with van der Waals surface area (Å²) < 4.78 is 26.6. The fourth-order valence-electron chi connectivity index (χ4n) is 6.35. The fraction of sp³-hybridized carbons (Fsp3) is 0.667. The van der Waals surface area contributed by atoms with Crippen LogP contribution < -0.4 is 20.7 Å². The highest BCUT2D eigenvalue weighted by molar-refractivity contribution is 7.89. The Balaban J connectivity index is 1.81. The van der Waals surface area contributed by atoms with Crippen molar-refractivity contribution in [1.82, 2.24) is 30.6 Å². The molecule has 5 atom stereocenters. The van der Waals surface area contributed by atoms with Gasteiger partial charge in [-0.15, -0.1) is 0 Å². The number of aliphatic hydroxyl groups excluding tert-OH is 2. The van der Waals surface area contributed by atoms with Crippen molar-refractivity contribution < 1.29 is 33.0 Å². The number of nitrogens with one attached hydrogen (secondary N) is 5. The van der Waals surface area contributed by atoms with Gasteiger partial charge >= 0.3 is 0 Å². The van der Waals surface area contributed by atoms with Gasteiger partial charge in [0.1, 0.15) is 12.1 Å². The van der Waals surface area contributed by atoms with Crippen LogP contribution in [0.15, 0.2) is 42.9 Å². The molecule has 0 radical (unpaired) electrons. The molecule has 1 aromatic heterocycles. The minimum Gasteiger partial charge on any atom is -0.392 e. The molecule has 50 heavy (non-hydrogen) atoms. The van der Waals surface area contributed by atoms with Crippen LogP contribution in [0.25, 0.3) is 0 Å². The normalized spacial score (nSPS) is 17.2. The number of imidazole rings is 1. The summed E-state index contributed by atoms with van der Waals surface area (Å²) >= 11 is 0. The molecule has 1 aliphatic carbocycles. The Labute approximate surface area is 297 Å². The second-order valence-corrected chi connectivity index (χ2v) is 16.8. The van der Waals surface area contributed by atoms with Gasteiger partial charge < -0.3 is 31.1 Å². The molecule has 2 aromatic rings. The average Bonchev–Trinajstić information content (AvgIpc) is 3.56. The number of carbonyl (C=O) groups excluding carboxylic acids is 3. The summed E-state index contributed by atoms with van der Waals surface area (Å²) in [4.78, 5) is 48.1. The Morgan fingerprint density at radius 1 is 0.960 bits per heavy atom. The van der Waals surface area contributed by atoms with E-state index >= 15 is 0 Å². The Morgan fingerprint density at radius 2 is 1.62 bits per heavy atom. The Kier molecular flexibility index (Phi) is 16.4. The van der Waals surface area contributed by atoms with Crippen molar-refractivity contribution in [2.24, 2.45) is 11.3 Å². The summed E-state index contributed by atoms with van der Waals surface area (Å²) in [7, 11) is -3.55. The average molecular weight is 719 g/mol. The summed E-state index contributed by atoms with van der Waals surface area (Å²) in [5.41, 5.74) is 1.06. The molecule has 1 heterocycles. The van der Waals surface area contributed by atoms with Gasteiger partial charge in [0.25, 0.3) is 0 Å². The number of benzene rings is 1. The third-order valence-corrected chi connectivity index (χ3v) is 10.4. The largest absolute Gasteiger partial charge is 0.392 e. The van der Waals surface area contributed by atoms with E-state index in [1.165, 1.54) is 6.33 Å². The lowest BCUT2D eigenvalue weighted by Gasteiger charge is -2.32. The minimum atomic E-state index is -3.55. The van der Waals surface area contributed by atoms with E-state index < -0.39 is 52.2 Å². The highest BCUT2D eigenvalue weighted by Gasteiger charge is 2.33. The van der Waals surface area contributed by atoms with Crippen LogP contribution in [0.4, 0.5) is 0 Å². The van der Waals surface area contributed by atoms with Gasteiger partial charge in [0.15, 0.2) is 0 Å². The van der Waals surface area contributed by atoms with Gasteiger partial charge in [-0.2, -0.15) is 0 Å². The smallest absolute Gasteiger partial charge is 0.243 e. The highest BCUT2D eigenvalue weighted by Crippen LogP contribution is 2.28. The van der Waals surface area contributed by atoms with Crippen LogP contribution in [0.5, 0.6) is 0 Å². The molecule has 0 unspecified atom stereocenters. The Hall–Kier alpha value is -3.33.